The molecular formula is C11H17BrN2S. The van der Waals surface area contributed by atoms with Crippen LogP contribution in [0.25, 0.3) is 0 Å². The van der Waals surface area contributed by atoms with Gasteiger partial charge in [-0.15, -0.1) is 11.3 Å². The minimum Gasteiger partial charge on any atom is -0.377 e. The average molecular weight is 289 g/mol. The van der Waals surface area contributed by atoms with Gasteiger partial charge in [0.2, 0.25) is 0 Å². The van der Waals surface area contributed by atoms with Crippen LogP contribution in [0, 0.1) is 0 Å². The van der Waals surface area contributed by atoms with Crippen molar-refractivity contribution >= 4 is 32.3 Å². The van der Waals surface area contributed by atoms with Crippen molar-refractivity contribution in [1.29, 1.82) is 0 Å². The minimum atomic E-state index is 0.731. The van der Waals surface area contributed by atoms with Crippen LogP contribution in [-0.4, -0.2) is 19.1 Å². The van der Waals surface area contributed by atoms with E-state index in [1.54, 1.807) is 11.3 Å². The molecule has 0 aromatic carbocycles. The Morgan fingerprint density at radius 2 is 2.47 bits per heavy atom. The van der Waals surface area contributed by atoms with E-state index in [2.05, 4.69) is 38.0 Å². The summed E-state index contributed by atoms with van der Waals surface area (Å²) >= 11 is 5.22. The Labute approximate surface area is 104 Å². The Bertz CT molecular complexity index is 295. The largest absolute Gasteiger partial charge is 0.377 e. The first-order valence-corrected chi connectivity index (χ1v) is 7.23. The van der Waals surface area contributed by atoms with Gasteiger partial charge in [-0.25, -0.2) is 0 Å². The number of nitrogens with one attached hydrogen (secondary N) is 2. The third-order valence-electron chi connectivity index (χ3n) is 2.77. The zero-order valence-corrected chi connectivity index (χ0v) is 11.2. The molecule has 1 aliphatic heterocycles. The quantitative estimate of drug-likeness (QED) is 0.887. The number of thiophene rings is 1. The standard InChI is InChI=1S/C11H17BrN2S/c12-9-7-11(15-8-9)14-6-4-10-3-1-2-5-13-10/h7-8,10,13-14H,1-6H2. The van der Waals surface area contributed by atoms with Crippen molar-refractivity contribution in [3.05, 3.63) is 15.9 Å². The van der Waals surface area contributed by atoms with Crippen molar-refractivity contribution in [2.24, 2.45) is 0 Å². The van der Waals surface area contributed by atoms with E-state index in [0.29, 0.717) is 0 Å². The molecule has 2 N–H and O–H groups in total. The molecule has 0 amide bonds. The maximum atomic E-state index is 3.56. The van der Waals surface area contributed by atoms with Crippen molar-refractivity contribution in [1.82, 2.24) is 5.32 Å². The zero-order valence-electron chi connectivity index (χ0n) is 8.76. The van der Waals surface area contributed by atoms with Gasteiger partial charge in [-0.1, -0.05) is 6.42 Å². The molecule has 2 nitrogen and oxygen atoms in total. The zero-order chi connectivity index (χ0) is 10.5. The Hall–Kier alpha value is -0.0600. The predicted molar refractivity (Wildman–Crippen MR) is 70.8 cm³/mol. The molecular weight excluding hydrogens is 272 g/mol. The molecule has 1 aromatic heterocycles. The molecule has 1 unspecified atom stereocenters. The molecule has 1 aromatic rings. The topological polar surface area (TPSA) is 24.1 Å². The molecule has 2 rings (SSSR count). The van der Waals surface area contributed by atoms with Crippen molar-refractivity contribution < 1.29 is 0 Å². The molecule has 1 fully saturated rings. The summed E-state index contributed by atoms with van der Waals surface area (Å²) < 4.78 is 1.17. The van der Waals surface area contributed by atoms with Crippen molar-refractivity contribution in [3.63, 3.8) is 0 Å². The van der Waals surface area contributed by atoms with Gasteiger partial charge in [0.15, 0.2) is 0 Å². The van der Waals surface area contributed by atoms with Gasteiger partial charge in [0.25, 0.3) is 0 Å². The fraction of sp³-hybridized carbons (Fsp3) is 0.636. The minimum absolute atomic E-state index is 0.731. The molecule has 0 saturated carbocycles. The number of anilines is 1. The lowest BCUT2D eigenvalue weighted by atomic mass is 10.0. The fourth-order valence-electron chi connectivity index (χ4n) is 1.95. The highest BCUT2D eigenvalue weighted by Gasteiger charge is 2.11. The Morgan fingerprint density at radius 3 is 3.13 bits per heavy atom. The van der Waals surface area contributed by atoms with Crippen LogP contribution in [0.3, 0.4) is 0 Å². The predicted octanol–water partition coefficient (Wildman–Crippen LogP) is 3.45. The first-order valence-electron chi connectivity index (χ1n) is 5.56. The van der Waals surface area contributed by atoms with Crippen molar-refractivity contribution in [2.45, 2.75) is 31.7 Å². The lowest BCUT2D eigenvalue weighted by Gasteiger charge is -2.23. The second-order valence-electron chi connectivity index (χ2n) is 3.99. The first-order chi connectivity index (χ1) is 7.34. The normalized spacial score (nSPS) is 21.5. The molecule has 1 aliphatic rings. The van der Waals surface area contributed by atoms with Gasteiger partial charge >= 0.3 is 0 Å². The van der Waals surface area contributed by atoms with Crippen LogP contribution in [0.4, 0.5) is 5.00 Å². The highest BCUT2D eigenvalue weighted by molar-refractivity contribution is 9.10. The molecule has 2 heterocycles. The fourth-order valence-corrected chi connectivity index (χ4v) is 3.29. The molecule has 84 valence electrons. The summed E-state index contributed by atoms with van der Waals surface area (Å²) in [4.78, 5) is 0. The SMILES string of the molecule is Brc1csc(NCCC2CCCCN2)c1. The van der Waals surface area contributed by atoms with E-state index in [9.17, 15) is 0 Å². The van der Waals surface area contributed by atoms with Crippen LogP contribution in [0.2, 0.25) is 0 Å². The van der Waals surface area contributed by atoms with E-state index in [-0.39, 0.29) is 0 Å². The highest BCUT2D eigenvalue weighted by atomic mass is 79.9. The molecule has 1 atom stereocenters. The van der Waals surface area contributed by atoms with Gasteiger partial charge in [0.1, 0.15) is 0 Å². The van der Waals surface area contributed by atoms with Gasteiger partial charge in [-0.05, 0) is 47.8 Å². The summed E-state index contributed by atoms with van der Waals surface area (Å²) in [7, 11) is 0. The van der Waals surface area contributed by atoms with Gasteiger partial charge in [0.05, 0.1) is 5.00 Å². The van der Waals surface area contributed by atoms with Crippen molar-refractivity contribution in [2.75, 3.05) is 18.4 Å². The van der Waals surface area contributed by atoms with Crippen LogP contribution >= 0.6 is 27.3 Å². The van der Waals surface area contributed by atoms with Gasteiger partial charge in [-0.2, -0.15) is 0 Å². The summed E-state index contributed by atoms with van der Waals surface area (Å²) in [5, 5.41) is 10.4. The summed E-state index contributed by atoms with van der Waals surface area (Å²) in [5.74, 6) is 0. The van der Waals surface area contributed by atoms with Crippen LogP contribution in [0.1, 0.15) is 25.7 Å². The number of hydrogen-bond donors (Lipinski definition) is 2. The van der Waals surface area contributed by atoms with Gasteiger partial charge in [0, 0.05) is 22.4 Å². The molecule has 0 aliphatic carbocycles. The van der Waals surface area contributed by atoms with Gasteiger partial charge in [-0.3, -0.25) is 0 Å². The Kier molecular flexibility index (Phi) is 4.47. The van der Waals surface area contributed by atoms with Crippen molar-refractivity contribution in [3.8, 4) is 0 Å². The molecule has 15 heavy (non-hydrogen) atoms. The first kappa shape index (κ1) is 11.4. The smallest absolute Gasteiger partial charge is 0.0894 e. The molecule has 0 spiro atoms. The Balaban J connectivity index is 1.65. The van der Waals surface area contributed by atoms with E-state index in [1.807, 2.05) is 0 Å². The molecule has 1 saturated heterocycles. The van der Waals surface area contributed by atoms with E-state index in [0.717, 1.165) is 12.6 Å². The van der Waals surface area contributed by atoms with Crippen LogP contribution in [0.15, 0.2) is 15.9 Å². The molecule has 4 heteroatoms. The Morgan fingerprint density at radius 1 is 1.53 bits per heavy atom. The number of hydrogen-bond acceptors (Lipinski definition) is 3. The maximum absolute atomic E-state index is 3.56. The van der Waals surface area contributed by atoms with Gasteiger partial charge < -0.3 is 10.6 Å². The van der Waals surface area contributed by atoms with E-state index < -0.39 is 0 Å². The second-order valence-corrected chi connectivity index (χ2v) is 5.82. The molecule has 0 radical (unpaired) electrons. The third-order valence-corrected chi connectivity index (χ3v) is 4.42. The van der Waals surface area contributed by atoms with E-state index in [4.69, 9.17) is 0 Å². The number of halogens is 1. The lowest BCUT2D eigenvalue weighted by Crippen LogP contribution is -2.35. The number of rotatable bonds is 4. The lowest BCUT2D eigenvalue weighted by molar-refractivity contribution is 0.389. The molecule has 0 bridgehead atoms. The van der Waals surface area contributed by atoms with E-state index >= 15 is 0 Å². The van der Waals surface area contributed by atoms with Crippen LogP contribution in [-0.2, 0) is 0 Å². The van der Waals surface area contributed by atoms with E-state index in [1.165, 1.54) is 41.7 Å². The van der Waals surface area contributed by atoms with Crippen LogP contribution < -0.4 is 10.6 Å². The second kappa shape index (κ2) is 5.87. The monoisotopic (exact) mass is 288 g/mol. The third kappa shape index (κ3) is 3.78. The highest BCUT2D eigenvalue weighted by Crippen LogP contribution is 2.24. The average Bonchev–Trinajstić information content (AvgIpc) is 2.66. The summed E-state index contributed by atoms with van der Waals surface area (Å²) in [6.45, 7) is 2.28. The summed E-state index contributed by atoms with van der Waals surface area (Å²) in [6.07, 6.45) is 5.31. The summed E-state index contributed by atoms with van der Waals surface area (Å²) in [5.41, 5.74) is 0. The number of piperidine rings is 1. The maximum Gasteiger partial charge on any atom is 0.0894 e. The summed E-state index contributed by atoms with van der Waals surface area (Å²) in [6, 6.07) is 2.87. The van der Waals surface area contributed by atoms with Crippen LogP contribution in [0.5, 0.6) is 0 Å².